The van der Waals surface area contributed by atoms with Crippen LogP contribution in [-0.2, 0) is 9.31 Å². The van der Waals surface area contributed by atoms with Gasteiger partial charge in [-0.3, -0.25) is 4.79 Å². The van der Waals surface area contributed by atoms with Gasteiger partial charge in [0.2, 0.25) is 0 Å². The maximum absolute atomic E-state index is 12.7. The quantitative estimate of drug-likeness (QED) is 0.826. The van der Waals surface area contributed by atoms with Gasteiger partial charge in [-0.1, -0.05) is 11.6 Å². The summed E-state index contributed by atoms with van der Waals surface area (Å²) >= 11 is 6.35. The van der Waals surface area contributed by atoms with E-state index in [1.165, 1.54) is 0 Å². The van der Waals surface area contributed by atoms with Crippen LogP contribution >= 0.6 is 11.6 Å². The van der Waals surface area contributed by atoms with E-state index in [-0.39, 0.29) is 11.9 Å². The molecule has 2 saturated heterocycles. The Balaban J connectivity index is 1.86. The number of carbonyl (C=O) groups excluding carboxylic acids is 1. The van der Waals surface area contributed by atoms with Gasteiger partial charge in [-0.05, 0) is 52.3 Å². The standard InChI is InChI=1S/C17H24BClN2O3/c1-16(2)17(3,4)24-18(23-16)13-9-11(5-6-14(13)19)15(22)21-8-7-12(20)10-21/h5-6,9,12H,7-8,10,20H2,1-4H3/t12-/m0/s1. The van der Waals surface area contributed by atoms with E-state index in [4.69, 9.17) is 26.6 Å². The van der Waals surface area contributed by atoms with Crippen LogP contribution in [0.5, 0.6) is 0 Å². The molecule has 0 spiro atoms. The zero-order chi connectivity index (χ0) is 17.7. The van der Waals surface area contributed by atoms with Crippen LogP contribution in [0.3, 0.4) is 0 Å². The smallest absolute Gasteiger partial charge is 0.399 e. The number of carbonyl (C=O) groups is 1. The molecule has 5 nitrogen and oxygen atoms in total. The molecule has 2 aliphatic heterocycles. The Morgan fingerprint density at radius 1 is 1.29 bits per heavy atom. The monoisotopic (exact) mass is 350 g/mol. The molecule has 0 saturated carbocycles. The summed E-state index contributed by atoms with van der Waals surface area (Å²) in [5, 5.41) is 0.531. The van der Waals surface area contributed by atoms with E-state index in [2.05, 4.69) is 0 Å². The second-order valence-electron chi connectivity index (χ2n) is 7.62. The maximum atomic E-state index is 12.7. The van der Waals surface area contributed by atoms with Gasteiger partial charge in [-0.15, -0.1) is 0 Å². The Morgan fingerprint density at radius 2 is 1.92 bits per heavy atom. The van der Waals surface area contributed by atoms with Gasteiger partial charge in [0.1, 0.15) is 0 Å². The SMILES string of the molecule is CC1(C)OB(c2cc(C(=O)N3CC[C@H](N)C3)ccc2Cl)OC1(C)C. The Kier molecular flexibility index (Phi) is 4.45. The van der Waals surface area contributed by atoms with Crippen LogP contribution in [0.15, 0.2) is 18.2 Å². The van der Waals surface area contributed by atoms with E-state index in [0.717, 1.165) is 6.42 Å². The Hall–Kier alpha value is -1.08. The molecule has 130 valence electrons. The van der Waals surface area contributed by atoms with Crippen molar-refractivity contribution < 1.29 is 14.1 Å². The van der Waals surface area contributed by atoms with Gasteiger partial charge in [0.15, 0.2) is 0 Å². The molecule has 1 amide bonds. The van der Waals surface area contributed by atoms with E-state index < -0.39 is 18.3 Å². The minimum atomic E-state index is -0.587. The largest absolute Gasteiger partial charge is 0.496 e. The first-order chi connectivity index (χ1) is 11.1. The summed E-state index contributed by atoms with van der Waals surface area (Å²) in [6.07, 6.45) is 0.837. The van der Waals surface area contributed by atoms with E-state index in [9.17, 15) is 4.79 Å². The third-order valence-corrected chi connectivity index (χ3v) is 5.61. The van der Waals surface area contributed by atoms with E-state index >= 15 is 0 Å². The molecule has 2 heterocycles. The highest BCUT2D eigenvalue weighted by Crippen LogP contribution is 2.37. The first-order valence-electron chi connectivity index (χ1n) is 8.31. The molecule has 2 N–H and O–H groups in total. The second-order valence-corrected chi connectivity index (χ2v) is 8.03. The highest BCUT2D eigenvalue weighted by Gasteiger charge is 2.52. The number of nitrogens with zero attached hydrogens (tertiary/aromatic N) is 1. The molecule has 2 fully saturated rings. The number of rotatable bonds is 2. The van der Waals surface area contributed by atoms with Gasteiger partial charge in [-0.2, -0.15) is 0 Å². The Labute approximate surface area is 148 Å². The zero-order valence-electron chi connectivity index (χ0n) is 14.6. The molecule has 24 heavy (non-hydrogen) atoms. The predicted molar refractivity (Wildman–Crippen MR) is 95.7 cm³/mol. The van der Waals surface area contributed by atoms with Crippen molar-refractivity contribution in [2.24, 2.45) is 5.73 Å². The van der Waals surface area contributed by atoms with E-state index in [0.29, 0.717) is 29.1 Å². The van der Waals surface area contributed by atoms with Crippen molar-refractivity contribution in [2.45, 2.75) is 51.4 Å². The highest BCUT2D eigenvalue weighted by molar-refractivity contribution is 6.65. The molecular weight excluding hydrogens is 326 g/mol. The lowest BCUT2D eigenvalue weighted by atomic mass is 9.78. The lowest BCUT2D eigenvalue weighted by molar-refractivity contribution is 0.00578. The van der Waals surface area contributed by atoms with Gasteiger partial charge in [0, 0.05) is 35.2 Å². The summed E-state index contributed by atoms with van der Waals surface area (Å²) in [4.78, 5) is 14.5. The maximum Gasteiger partial charge on any atom is 0.496 e. The molecule has 1 aromatic carbocycles. The average molecular weight is 351 g/mol. The minimum Gasteiger partial charge on any atom is -0.399 e. The number of halogens is 1. The van der Waals surface area contributed by atoms with Crippen molar-refractivity contribution in [3.05, 3.63) is 28.8 Å². The van der Waals surface area contributed by atoms with Gasteiger partial charge in [0.05, 0.1) is 11.2 Å². The van der Waals surface area contributed by atoms with Gasteiger partial charge >= 0.3 is 7.12 Å². The second kappa shape index (κ2) is 6.02. The molecule has 0 radical (unpaired) electrons. The fourth-order valence-corrected chi connectivity index (χ4v) is 3.19. The predicted octanol–water partition coefficient (Wildman–Crippen LogP) is 1.81. The molecule has 2 aliphatic rings. The first-order valence-corrected chi connectivity index (χ1v) is 8.68. The third-order valence-electron chi connectivity index (χ3n) is 5.26. The third kappa shape index (κ3) is 3.08. The summed E-state index contributed by atoms with van der Waals surface area (Å²) < 4.78 is 12.1. The van der Waals surface area contributed by atoms with Crippen LogP contribution in [0.25, 0.3) is 0 Å². The molecule has 1 atom stereocenters. The van der Waals surface area contributed by atoms with Crippen LogP contribution in [0, 0.1) is 0 Å². The number of amides is 1. The number of hydrogen-bond donors (Lipinski definition) is 1. The van der Waals surface area contributed by atoms with Crippen LogP contribution in [0.1, 0.15) is 44.5 Å². The van der Waals surface area contributed by atoms with Gasteiger partial charge in [-0.25, -0.2) is 0 Å². The number of likely N-dealkylation sites (tertiary alicyclic amines) is 1. The van der Waals surface area contributed by atoms with Crippen molar-refractivity contribution in [1.82, 2.24) is 4.90 Å². The van der Waals surface area contributed by atoms with Crippen LogP contribution in [0.2, 0.25) is 5.02 Å². The number of nitrogens with two attached hydrogens (primary N) is 1. The Bertz CT molecular complexity index is 649. The minimum absolute atomic E-state index is 0.0302. The zero-order valence-corrected chi connectivity index (χ0v) is 15.4. The molecular formula is C17H24BClN2O3. The van der Waals surface area contributed by atoms with Crippen molar-refractivity contribution >= 4 is 30.1 Å². The molecule has 7 heteroatoms. The number of benzene rings is 1. The lowest BCUT2D eigenvalue weighted by Gasteiger charge is -2.32. The molecule has 3 rings (SSSR count). The summed E-state index contributed by atoms with van der Waals surface area (Å²) in [5.41, 5.74) is 6.25. The normalized spacial score (nSPS) is 25.3. The fraction of sp³-hybridized carbons (Fsp3) is 0.588. The van der Waals surface area contributed by atoms with Crippen LogP contribution in [-0.4, -0.2) is 48.3 Å². The van der Waals surface area contributed by atoms with E-state index in [1.807, 2.05) is 27.7 Å². The summed E-state index contributed by atoms with van der Waals surface area (Å²) in [7, 11) is -0.587. The Morgan fingerprint density at radius 3 is 2.46 bits per heavy atom. The molecule has 0 bridgehead atoms. The van der Waals surface area contributed by atoms with Crippen molar-refractivity contribution in [3.63, 3.8) is 0 Å². The van der Waals surface area contributed by atoms with Crippen molar-refractivity contribution in [3.8, 4) is 0 Å². The summed E-state index contributed by atoms with van der Waals surface area (Å²) in [6, 6.07) is 5.30. The average Bonchev–Trinajstić information content (AvgIpc) is 3.00. The van der Waals surface area contributed by atoms with Gasteiger partial charge < -0.3 is 19.9 Å². The highest BCUT2D eigenvalue weighted by atomic mass is 35.5. The summed E-state index contributed by atoms with van der Waals surface area (Å²) in [5.74, 6) is -0.0302. The van der Waals surface area contributed by atoms with Gasteiger partial charge in [0.25, 0.3) is 5.91 Å². The lowest BCUT2D eigenvalue weighted by Crippen LogP contribution is -2.41. The van der Waals surface area contributed by atoms with Crippen molar-refractivity contribution in [1.29, 1.82) is 0 Å². The number of hydrogen-bond acceptors (Lipinski definition) is 4. The molecule has 0 aliphatic carbocycles. The van der Waals surface area contributed by atoms with Crippen LogP contribution in [0.4, 0.5) is 0 Å². The topological polar surface area (TPSA) is 64.8 Å². The first kappa shape index (κ1) is 17.7. The van der Waals surface area contributed by atoms with Crippen molar-refractivity contribution in [2.75, 3.05) is 13.1 Å². The fourth-order valence-electron chi connectivity index (χ4n) is 2.98. The van der Waals surface area contributed by atoms with E-state index in [1.54, 1.807) is 23.1 Å². The summed E-state index contributed by atoms with van der Waals surface area (Å²) in [6.45, 7) is 9.23. The molecule has 0 aromatic heterocycles. The van der Waals surface area contributed by atoms with Crippen LogP contribution < -0.4 is 11.2 Å². The molecule has 1 aromatic rings. The molecule has 0 unspecified atom stereocenters.